The summed E-state index contributed by atoms with van der Waals surface area (Å²) in [7, 11) is 1.67. The molecule has 0 radical (unpaired) electrons. The Kier molecular flexibility index (Phi) is 11.5. The molecule has 11 rings (SSSR count). The van der Waals surface area contributed by atoms with Crippen molar-refractivity contribution in [3.05, 3.63) is 175 Å². The maximum atomic E-state index is 13.3. The van der Waals surface area contributed by atoms with Crippen LogP contribution in [0.1, 0.15) is 93.3 Å². The number of thioether (sulfide) groups is 2. The highest BCUT2D eigenvalue weighted by Gasteiger charge is 2.39. The molecule has 2 aliphatic carbocycles. The summed E-state index contributed by atoms with van der Waals surface area (Å²) in [4.78, 5) is 67.0. The van der Waals surface area contributed by atoms with Crippen molar-refractivity contribution in [3.8, 4) is 5.75 Å². The van der Waals surface area contributed by atoms with Crippen molar-refractivity contribution in [3.63, 3.8) is 0 Å². The number of hydrogen-bond acceptors (Lipinski definition) is 9. The number of pyridine rings is 3. The lowest BCUT2D eigenvalue weighted by atomic mass is 9.94. The second-order valence-electron chi connectivity index (χ2n) is 16.9. The summed E-state index contributed by atoms with van der Waals surface area (Å²) in [5.41, 5.74) is 11.7. The Hall–Kier alpha value is -6.64. The van der Waals surface area contributed by atoms with Crippen molar-refractivity contribution in [1.29, 1.82) is 0 Å². The van der Waals surface area contributed by atoms with Crippen molar-refractivity contribution in [2.75, 3.05) is 18.6 Å². The van der Waals surface area contributed by atoms with Gasteiger partial charge in [0, 0.05) is 47.0 Å². The van der Waals surface area contributed by atoms with Gasteiger partial charge in [-0.1, -0.05) is 72.8 Å². The molecule has 2 aliphatic heterocycles. The molecular weight excluding hydrogens is 859 g/mol. The molecule has 4 aromatic carbocycles. The van der Waals surface area contributed by atoms with Gasteiger partial charge in [-0.05, 0) is 118 Å². The number of carbonyl (C=O) groups is 3. The van der Waals surface area contributed by atoms with Crippen LogP contribution in [0.4, 0.5) is 0 Å². The molecule has 2 saturated carbocycles. The van der Waals surface area contributed by atoms with E-state index in [2.05, 4.69) is 58.3 Å². The minimum atomic E-state index is -0.936. The number of carboxylic acids is 1. The summed E-state index contributed by atoms with van der Waals surface area (Å²) in [6.45, 7) is 0. The van der Waals surface area contributed by atoms with Gasteiger partial charge in [0.15, 0.2) is 0 Å². The first-order chi connectivity index (χ1) is 31.7. The van der Waals surface area contributed by atoms with Gasteiger partial charge in [-0.2, -0.15) is 0 Å². The minimum Gasteiger partial charge on any atom is -0.496 e. The second kappa shape index (κ2) is 17.7. The lowest BCUT2D eigenvalue weighted by molar-refractivity contribution is -0.140. The lowest BCUT2D eigenvalue weighted by Gasteiger charge is -2.18. The van der Waals surface area contributed by atoms with E-state index >= 15 is 0 Å². The lowest BCUT2D eigenvalue weighted by Crippen LogP contribution is -2.46. The highest BCUT2D eigenvalue weighted by atomic mass is 32.2. The Morgan fingerprint density at radius 2 is 1.22 bits per heavy atom. The Morgan fingerprint density at radius 1 is 0.662 bits per heavy atom. The van der Waals surface area contributed by atoms with Crippen LogP contribution in [-0.2, 0) is 22.4 Å². The topological polar surface area (TPSA) is 162 Å². The van der Waals surface area contributed by atoms with Crippen LogP contribution in [0.2, 0.25) is 0 Å². The number of nitrogens with zero attached hydrogens (tertiary/aromatic N) is 3. The molecule has 2 unspecified atom stereocenters. The zero-order valence-electron chi connectivity index (χ0n) is 35.5. The van der Waals surface area contributed by atoms with Crippen LogP contribution in [0.25, 0.3) is 21.5 Å². The molecule has 2 amide bonds. The number of hydrogen-bond donors (Lipinski definition) is 3. The Labute approximate surface area is 382 Å². The van der Waals surface area contributed by atoms with E-state index in [4.69, 9.17) is 4.74 Å². The van der Waals surface area contributed by atoms with Crippen LogP contribution in [0.3, 0.4) is 0 Å². The fraction of sp³-hybridized carbons (Fsp3) is 0.255. The molecule has 3 aromatic heterocycles. The van der Waals surface area contributed by atoms with Gasteiger partial charge in [0.25, 0.3) is 22.9 Å². The molecule has 0 bridgehead atoms. The van der Waals surface area contributed by atoms with Gasteiger partial charge in [0.2, 0.25) is 0 Å². The van der Waals surface area contributed by atoms with E-state index in [1.807, 2.05) is 36.4 Å². The fourth-order valence-corrected chi connectivity index (χ4v) is 12.1. The first-order valence-electron chi connectivity index (χ1n) is 21.7. The number of rotatable bonds is 10. The van der Waals surface area contributed by atoms with Crippen molar-refractivity contribution >= 4 is 62.9 Å². The Bertz CT molecular complexity index is 3160. The maximum absolute atomic E-state index is 13.3. The average Bonchev–Trinajstić information content (AvgIpc) is 4.26. The Morgan fingerprint density at radius 3 is 1.83 bits per heavy atom. The van der Waals surface area contributed by atoms with Crippen molar-refractivity contribution in [2.24, 2.45) is 0 Å². The molecule has 65 heavy (non-hydrogen) atoms. The summed E-state index contributed by atoms with van der Waals surface area (Å²) >= 11 is 3.06. The van der Waals surface area contributed by atoms with Gasteiger partial charge in [-0.3, -0.25) is 44.1 Å². The van der Waals surface area contributed by atoms with Crippen LogP contribution in [0, 0.1) is 0 Å². The summed E-state index contributed by atoms with van der Waals surface area (Å²) in [5.74, 6) is 0.758. The largest absolute Gasteiger partial charge is 0.496 e. The molecule has 12 nitrogen and oxygen atoms in total. The zero-order chi connectivity index (χ0) is 44.8. The number of ether oxygens (including phenoxy) is 1. The molecule has 328 valence electrons. The van der Waals surface area contributed by atoms with Gasteiger partial charge in [-0.25, -0.2) is 4.79 Å². The smallest absolute Gasteiger partial charge is 0.327 e. The number of amides is 2. The van der Waals surface area contributed by atoms with Crippen LogP contribution < -0.4 is 26.7 Å². The van der Waals surface area contributed by atoms with Crippen LogP contribution in [0.5, 0.6) is 5.75 Å². The first-order valence-corrected chi connectivity index (χ1v) is 23.7. The molecule has 7 aromatic rings. The number of fused-ring (bicyclic) bond motifs is 4. The van der Waals surface area contributed by atoms with Gasteiger partial charge in [0.1, 0.15) is 17.8 Å². The molecule has 3 N–H and O–H groups in total. The SMILES string of the molecule is COc1ccc(Cc2cc(=O)n3c(c2C2CC2)SCC3C(=O)O)c2ccccc12.O=C(NNC(=O)C1CSc2c(C3CC3)c(Cc3cccc4ccccc34)cc(=O)n21)c1ccncc1. The number of carboxylic acid groups (broad SMARTS) is 1. The van der Waals surface area contributed by atoms with Crippen LogP contribution in [-0.4, -0.2) is 55.6 Å². The molecular formula is C51H45N5O7S2. The highest BCUT2D eigenvalue weighted by Crippen LogP contribution is 2.50. The quantitative estimate of drug-likeness (QED) is 0.114. The van der Waals surface area contributed by atoms with Gasteiger partial charge in [-0.15, -0.1) is 23.5 Å². The maximum Gasteiger partial charge on any atom is 0.327 e. The van der Waals surface area contributed by atoms with E-state index in [1.165, 1.54) is 56.2 Å². The highest BCUT2D eigenvalue weighted by molar-refractivity contribution is 7.99. The van der Waals surface area contributed by atoms with Crippen LogP contribution >= 0.6 is 23.5 Å². The minimum absolute atomic E-state index is 0.185. The first kappa shape index (κ1) is 42.3. The van der Waals surface area contributed by atoms with E-state index < -0.39 is 29.9 Å². The molecule has 2 fully saturated rings. The summed E-state index contributed by atoms with van der Waals surface area (Å²) < 4.78 is 8.61. The molecule has 2 atom stereocenters. The van der Waals surface area contributed by atoms with Crippen molar-refractivity contribution < 1.29 is 24.2 Å². The van der Waals surface area contributed by atoms with Crippen molar-refractivity contribution in [2.45, 2.75) is 72.5 Å². The monoisotopic (exact) mass is 903 g/mol. The summed E-state index contributed by atoms with van der Waals surface area (Å²) in [5, 5.41) is 15.8. The normalized spacial score (nSPS) is 17.2. The summed E-state index contributed by atoms with van der Waals surface area (Å²) in [6.07, 6.45) is 8.72. The number of aliphatic carboxylic acids is 1. The molecule has 14 heteroatoms. The van der Waals surface area contributed by atoms with E-state index in [9.17, 15) is 29.1 Å². The number of aromatic nitrogens is 3. The van der Waals surface area contributed by atoms with E-state index in [-0.39, 0.29) is 11.1 Å². The third kappa shape index (κ3) is 8.32. The third-order valence-electron chi connectivity index (χ3n) is 12.7. The zero-order valence-corrected chi connectivity index (χ0v) is 37.1. The number of nitrogens with one attached hydrogen (secondary N) is 2. The number of carbonyl (C=O) groups excluding carboxylic acids is 2. The number of benzene rings is 4. The van der Waals surface area contributed by atoms with Gasteiger partial charge < -0.3 is 9.84 Å². The molecule has 5 heterocycles. The molecule has 0 saturated heterocycles. The average molecular weight is 904 g/mol. The van der Waals surface area contributed by atoms with Gasteiger partial charge >= 0.3 is 5.97 Å². The number of hydrazine groups is 1. The van der Waals surface area contributed by atoms with Crippen LogP contribution in [0.15, 0.2) is 135 Å². The second-order valence-corrected chi connectivity index (χ2v) is 18.9. The Balaban J connectivity index is 0.000000157. The fourth-order valence-electron chi connectivity index (χ4n) is 9.26. The van der Waals surface area contributed by atoms with Crippen molar-refractivity contribution in [1.82, 2.24) is 25.0 Å². The molecule has 0 spiro atoms. The van der Waals surface area contributed by atoms with Gasteiger partial charge in [0.05, 0.1) is 17.2 Å². The number of methoxy groups -OCH3 is 1. The standard InChI is InChI=1S/C28H24N4O3S.C23H21NO4S/c33-24-15-21(14-20-6-3-5-17-4-1-2-7-22(17)20)25(18-8-9-18)28-32(24)23(16-36-28)27(35)31-30-26(34)19-10-12-29-13-11-19;1-28-19-9-8-14(16-4-2-3-5-17(16)19)10-15-11-20(25)24-18(23(26)27)12-29-22(24)21(15)13-6-7-13/h1-7,10-13,15,18,23H,8-9,14,16H2,(H,30,34)(H,31,35);2-5,8-9,11,13,18H,6-7,10,12H2,1H3,(H,26,27). The summed E-state index contributed by atoms with van der Waals surface area (Å²) in [6, 6.07) is 31.8. The predicted octanol–water partition coefficient (Wildman–Crippen LogP) is 8.18. The molecule has 4 aliphatic rings. The van der Waals surface area contributed by atoms with E-state index in [0.717, 1.165) is 68.9 Å². The third-order valence-corrected chi connectivity index (χ3v) is 15.0. The van der Waals surface area contributed by atoms with E-state index in [0.29, 0.717) is 41.7 Å². The predicted molar refractivity (Wildman–Crippen MR) is 252 cm³/mol. The van der Waals surface area contributed by atoms with E-state index in [1.54, 1.807) is 47.7 Å².